The van der Waals surface area contributed by atoms with Crippen LogP contribution in [-0.2, 0) is 26.0 Å². The summed E-state index contributed by atoms with van der Waals surface area (Å²) in [6.45, 7) is 4.35. The third-order valence-corrected chi connectivity index (χ3v) is 6.71. The molecule has 0 unspecified atom stereocenters. The highest BCUT2D eigenvalue weighted by Crippen LogP contribution is 2.44. The molecule has 0 spiro atoms. The fourth-order valence-corrected chi connectivity index (χ4v) is 5.15. The number of hydrogen-bond donors (Lipinski definition) is 1. The number of nitrogens with zero attached hydrogens (tertiary/aromatic N) is 1. The van der Waals surface area contributed by atoms with Gasteiger partial charge in [0.25, 0.3) is 10.0 Å². The van der Waals surface area contributed by atoms with Crippen LogP contribution in [0.3, 0.4) is 0 Å². The summed E-state index contributed by atoms with van der Waals surface area (Å²) in [5.41, 5.74) is 2.78. The van der Waals surface area contributed by atoms with Gasteiger partial charge in [0.1, 0.15) is 0 Å². The van der Waals surface area contributed by atoms with Crippen molar-refractivity contribution in [2.45, 2.75) is 37.5 Å². The molecule has 0 fully saturated rings. The third kappa shape index (κ3) is 3.27. The van der Waals surface area contributed by atoms with Gasteiger partial charge in [0.15, 0.2) is 0 Å². The smallest absolute Gasteiger partial charge is 0.340 e. The lowest BCUT2D eigenvalue weighted by Crippen LogP contribution is -2.32. The summed E-state index contributed by atoms with van der Waals surface area (Å²) < 4.78 is 33.8. The van der Waals surface area contributed by atoms with Crippen LogP contribution in [0.2, 0.25) is 0 Å². The van der Waals surface area contributed by atoms with Crippen LogP contribution in [0, 0.1) is 0 Å². The van der Waals surface area contributed by atoms with E-state index in [9.17, 15) is 18.0 Å². The number of nitrogens with one attached hydrogen (secondary N) is 1. The van der Waals surface area contributed by atoms with Crippen LogP contribution < -0.4 is 9.62 Å². The Balaban J connectivity index is 1.74. The normalized spacial score (nSPS) is 17.8. The number of ether oxygens (including phenoxy) is 1. The standard InChI is InChI=1S/C21H22N2O5S/c1-3-28-21(25)16-8-4-5-9-18(16)22-29(26,27)15-11-14-7-6-10-23-19(14)17(12-15)13(2)20(23)24/h4-5,8-9,11-13,22H,3,6-7,10H2,1-2H3/t13-/m1/s1. The molecule has 0 aromatic heterocycles. The Bertz CT molecular complexity index is 1110. The number of anilines is 2. The molecule has 1 amide bonds. The molecule has 0 saturated heterocycles. The highest BCUT2D eigenvalue weighted by molar-refractivity contribution is 7.92. The second-order valence-corrected chi connectivity index (χ2v) is 8.89. The van der Waals surface area contributed by atoms with Crippen LogP contribution in [-0.4, -0.2) is 33.4 Å². The number of aryl methyl sites for hydroxylation is 1. The van der Waals surface area contributed by atoms with E-state index >= 15 is 0 Å². The fourth-order valence-electron chi connectivity index (χ4n) is 3.98. The summed E-state index contributed by atoms with van der Waals surface area (Å²) >= 11 is 0. The molecule has 0 bridgehead atoms. The van der Waals surface area contributed by atoms with Gasteiger partial charge in [-0.2, -0.15) is 0 Å². The van der Waals surface area contributed by atoms with Crippen molar-refractivity contribution in [3.63, 3.8) is 0 Å². The quantitative estimate of drug-likeness (QED) is 0.759. The van der Waals surface area contributed by atoms with Crippen molar-refractivity contribution in [1.29, 1.82) is 0 Å². The number of rotatable bonds is 5. The molecular formula is C21H22N2O5S. The predicted octanol–water partition coefficient (Wildman–Crippen LogP) is 3.06. The van der Waals surface area contributed by atoms with E-state index in [1.54, 1.807) is 43.0 Å². The van der Waals surface area contributed by atoms with E-state index in [4.69, 9.17) is 4.74 Å². The molecule has 2 aromatic rings. The molecule has 29 heavy (non-hydrogen) atoms. The average molecular weight is 414 g/mol. The first-order valence-electron chi connectivity index (χ1n) is 9.60. The van der Waals surface area contributed by atoms with Crippen molar-refractivity contribution < 1.29 is 22.7 Å². The van der Waals surface area contributed by atoms with Crippen molar-refractivity contribution in [1.82, 2.24) is 0 Å². The van der Waals surface area contributed by atoms with Crippen LogP contribution >= 0.6 is 0 Å². The Kier molecular flexibility index (Phi) is 4.82. The molecule has 1 N–H and O–H groups in total. The Morgan fingerprint density at radius 2 is 2.03 bits per heavy atom. The van der Waals surface area contributed by atoms with Gasteiger partial charge in [-0.3, -0.25) is 9.52 Å². The Hall–Kier alpha value is -2.87. The van der Waals surface area contributed by atoms with Gasteiger partial charge >= 0.3 is 5.97 Å². The van der Waals surface area contributed by atoms with Crippen LogP contribution in [0.25, 0.3) is 0 Å². The molecule has 2 aromatic carbocycles. The molecule has 152 valence electrons. The minimum Gasteiger partial charge on any atom is -0.462 e. The maximum absolute atomic E-state index is 13.1. The molecule has 4 rings (SSSR count). The van der Waals surface area contributed by atoms with Crippen LogP contribution in [0.15, 0.2) is 41.3 Å². The van der Waals surface area contributed by atoms with Gasteiger partial charge in [-0.05, 0) is 62.1 Å². The number of carbonyl (C=O) groups is 2. The monoisotopic (exact) mass is 414 g/mol. The Morgan fingerprint density at radius 3 is 2.79 bits per heavy atom. The summed E-state index contributed by atoms with van der Waals surface area (Å²) in [5, 5.41) is 0. The van der Waals surface area contributed by atoms with Gasteiger partial charge < -0.3 is 9.64 Å². The van der Waals surface area contributed by atoms with Crippen molar-refractivity contribution in [2.75, 3.05) is 22.8 Å². The minimum absolute atomic E-state index is 0.0103. The molecule has 7 nitrogen and oxygen atoms in total. The average Bonchev–Trinajstić information content (AvgIpc) is 2.95. The van der Waals surface area contributed by atoms with E-state index in [0.29, 0.717) is 6.54 Å². The Labute approximate surface area is 169 Å². The van der Waals surface area contributed by atoms with Crippen molar-refractivity contribution in [3.8, 4) is 0 Å². The van der Waals surface area contributed by atoms with Crippen LogP contribution in [0.5, 0.6) is 0 Å². The lowest BCUT2D eigenvalue weighted by molar-refractivity contribution is -0.119. The first-order chi connectivity index (χ1) is 13.8. The first kappa shape index (κ1) is 19.4. The summed E-state index contributed by atoms with van der Waals surface area (Å²) in [6.07, 6.45) is 1.52. The largest absolute Gasteiger partial charge is 0.462 e. The second-order valence-electron chi connectivity index (χ2n) is 7.21. The molecule has 0 aliphatic carbocycles. The van der Waals surface area contributed by atoms with E-state index in [1.165, 1.54) is 12.1 Å². The lowest BCUT2D eigenvalue weighted by Gasteiger charge is -2.26. The molecule has 2 aliphatic rings. The SMILES string of the molecule is CCOC(=O)c1ccccc1NS(=O)(=O)c1cc2c3c(c1)[C@@H](C)C(=O)N3CCC2. The van der Waals surface area contributed by atoms with Gasteiger partial charge in [-0.25, -0.2) is 13.2 Å². The molecular weight excluding hydrogens is 392 g/mol. The van der Waals surface area contributed by atoms with E-state index in [1.807, 2.05) is 0 Å². The molecule has 2 aliphatic heterocycles. The number of esters is 1. The summed E-state index contributed by atoms with van der Waals surface area (Å²) in [4.78, 5) is 26.5. The van der Waals surface area contributed by atoms with Crippen molar-refractivity contribution in [2.24, 2.45) is 0 Å². The second kappa shape index (κ2) is 7.18. The predicted molar refractivity (Wildman–Crippen MR) is 109 cm³/mol. The zero-order chi connectivity index (χ0) is 20.8. The maximum Gasteiger partial charge on any atom is 0.340 e. The zero-order valence-electron chi connectivity index (χ0n) is 16.3. The topological polar surface area (TPSA) is 92.8 Å². The van der Waals surface area contributed by atoms with Crippen LogP contribution in [0.4, 0.5) is 11.4 Å². The van der Waals surface area contributed by atoms with Crippen LogP contribution in [0.1, 0.15) is 47.7 Å². The van der Waals surface area contributed by atoms with Gasteiger partial charge in [-0.15, -0.1) is 0 Å². The highest BCUT2D eigenvalue weighted by Gasteiger charge is 2.39. The molecule has 0 radical (unpaired) electrons. The molecule has 1 atom stereocenters. The van der Waals surface area contributed by atoms with Gasteiger partial charge in [0.05, 0.1) is 34.4 Å². The highest BCUT2D eigenvalue weighted by atomic mass is 32.2. The summed E-state index contributed by atoms with van der Waals surface area (Å²) in [7, 11) is -3.96. The van der Waals surface area contributed by atoms with Gasteiger partial charge in [0, 0.05) is 6.54 Å². The molecule has 8 heteroatoms. The summed E-state index contributed by atoms with van der Waals surface area (Å²) in [5.74, 6) is -0.954. The number of benzene rings is 2. The number of sulfonamides is 1. The van der Waals surface area contributed by atoms with E-state index in [2.05, 4.69) is 4.72 Å². The Morgan fingerprint density at radius 1 is 1.28 bits per heavy atom. The fraction of sp³-hybridized carbons (Fsp3) is 0.333. The minimum atomic E-state index is -3.96. The van der Waals surface area contributed by atoms with E-state index in [0.717, 1.165) is 29.7 Å². The number of amides is 1. The molecule has 0 saturated carbocycles. The summed E-state index contributed by atoms with van der Waals surface area (Å²) in [6, 6.07) is 9.53. The van der Waals surface area contributed by atoms with E-state index < -0.39 is 16.0 Å². The molecule has 2 heterocycles. The first-order valence-corrected chi connectivity index (χ1v) is 11.1. The van der Waals surface area contributed by atoms with Crippen molar-refractivity contribution >= 4 is 33.3 Å². The number of para-hydroxylation sites is 1. The van der Waals surface area contributed by atoms with Gasteiger partial charge in [0.2, 0.25) is 5.91 Å². The third-order valence-electron chi connectivity index (χ3n) is 5.37. The van der Waals surface area contributed by atoms with Crippen molar-refractivity contribution in [3.05, 3.63) is 53.1 Å². The van der Waals surface area contributed by atoms with E-state index in [-0.39, 0.29) is 34.6 Å². The maximum atomic E-state index is 13.1. The zero-order valence-corrected chi connectivity index (χ0v) is 17.1. The lowest BCUT2D eigenvalue weighted by atomic mass is 9.97. The number of carbonyl (C=O) groups excluding carboxylic acids is 2. The van der Waals surface area contributed by atoms with Gasteiger partial charge in [-0.1, -0.05) is 12.1 Å². The number of hydrogen-bond acceptors (Lipinski definition) is 5.